The van der Waals surface area contributed by atoms with Crippen molar-refractivity contribution in [1.29, 1.82) is 0 Å². The summed E-state index contributed by atoms with van der Waals surface area (Å²) in [6.45, 7) is -0.900. The van der Waals surface area contributed by atoms with Crippen molar-refractivity contribution in [1.82, 2.24) is 9.97 Å². The second-order valence-electron chi connectivity index (χ2n) is 3.87. The molecule has 0 fully saturated rings. The maximum Gasteiger partial charge on any atom is 0.179 e. The molecule has 20 heavy (non-hydrogen) atoms. The summed E-state index contributed by atoms with van der Waals surface area (Å²) in [4.78, 5) is 8.34. The summed E-state index contributed by atoms with van der Waals surface area (Å²) in [5, 5.41) is 0. The summed E-state index contributed by atoms with van der Waals surface area (Å²) in [6, 6.07) is -1.70. The first-order chi connectivity index (χ1) is 11.6. The van der Waals surface area contributed by atoms with Crippen molar-refractivity contribution in [2.75, 3.05) is 5.73 Å². The molecule has 4 nitrogen and oxygen atoms in total. The van der Waals surface area contributed by atoms with Gasteiger partial charge in [0.25, 0.3) is 0 Å². The fourth-order valence-corrected chi connectivity index (χ4v) is 1.52. The number of nitrogens with two attached hydrogens (primary N) is 1. The van der Waals surface area contributed by atoms with Crippen LogP contribution < -0.4 is 27.3 Å². The normalized spacial score (nSPS) is 15.2. The highest BCUT2D eigenvalue weighted by Crippen LogP contribution is 2.08. The van der Waals surface area contributed by atoms with Gasteiger partial charge in [0, 0.05) is 35.7 Å². The van der Waals surface area contributed by atoms with Gasteiger partial charge in [-0.3, -0.25) is 0 Å². The maximum atomic E-state index is 8.02. The molecule has 2 N–H and O–H groups in total. The second-order valence-corrected chi connectivity index (χ2v) is 3.87. The molecule has 6 heteroatoms. The SMILES string of the molecule is Br.[2H]c1c([2H])c([2H])[n+](Cc2cnc(CCC)nc2N)c(C([2H])([2H])[2H])c1[2H].[Br-]. The molecule has 0 aliphatic heterocycles. The van der Waals surface area contributed by atoms with E-state index in [1.165, 1.54) is 6.20 Å². The molecule has 0 atom stereocenters. The second kappa shape index (κ2) is 9.02. The molecule has 2 heterocycles. The molecule has 2 rings (SSSR count). The predicted molar refractivity (Wildman–Crippen MR) is 81.2 cm³/mol. The number of aromatic nitrogens is 3. The summed E-state index contributed by atoms with van der Waals surface area (Å²) in [5.41, 5.74) is 5.83. The third-order valence-electron chi connectivity index (χ3n) is 2.45. The molecule has 0 aromatic carbocycles. The van der Waals surface area contributed by atoms with Gasteiger partial charge in [0.2, 0.25) is 0 Å². The third-order valence-corrected chi connectivity index (χ3v) is 2.45. The van der Waals surface area contributed by atoms with Crippen molar-refractivity contribution >= 4 is 22.8 Å². The molecule has 2 aromatic rings. The largest absolute Gasteiger partial charge is 1.00 e. The minimum Gasteiger partial charge on any atom is -1.00 e. The van der Waals surface area contributed by atoms with Gasteiger partial charge >= 0.3 is 0 Å². The number of aryl methyl sites for hydroxylation is 1. The third kappa shape index (κ3) is 4.83. The summed E-state index contributed by atoms with van der Waals surface area (Å²) in [7, 11) is 0. The van der Waals surface area contributed by atoms with Crippen molar-refractivity contribution in [3.8, 4) is 0 Å². The van der Waals surface area contributed by atoms with Crippen LogP contribution in [0.15, 0.2) is 30.5 Å². The number of anilines is 1. The summed E-state index contributed by atoms with van der Waals surface area (Å²) >= 11 is 0. The smallest absolute Gasteiger partial charge is 0.179 e. The van der Waals surface area contributed by atoms with Crippen molar-refractivity contribution in [3.63, 3.8) is 0 Å². The average molecular weight is 411 g/mol. The van der Waals surface area contributed by atoms with Gasteiger partial charge in [-0.1, -0.05) is 13.0 Å². The molecular formula is C14H20Br2N4. The Morgan fingerprint density at radius 3 is 2.90 bits per heavy atom. The number of rotatable bonds is 4. The Labute approximate surface area is 150 Å². The number of nitrogens with zero attached hydrogens (tertiary/aromatic N) is 3. The van der Waals surface area contributed by atoms with Crippen LogP contribution in [0.1, 0.15) is 40.0 Å². The van der Waals surface area contributed by atoms with Gasteiger partial charge in [0.05, 0.1) is 9.68 Å². The molecule has 0 amide bonds. The molecule has 0 radical (unpaired) electrons. The van der Waals surface area contributed by atoms with E-state index < -0.39 is 36.8 Å². The highest BCUT2D eigenvalue weighted by molar-refractivity contribution is 8.93. The molecule has 2 aromatic heterocycles. The summed E-state index contributed by atoms with van der Waals surface area (Å²) in [6.07, 6.45) is 2.50. The Morgan fingerprint density at radius 2 is 2.25 bits per heavy atom. The van der Waals surface area contributed by atoms with Crippen LogP contribution in [0.5, 0.6) is 0 Å². The van der Waals surface area contributed by atoms with E-state index in [1.807, 2.05) is 6.92 Å². The lowest BCUT2D eigenvalue weighted by Gasteiger charge is -2.05. The highest BCUT2D eigenvalue weighted by Gasteiger charge is 2.11. The van der Waals surface area contributed by atoms with Gasteiger partial charge in [-0.05, 0) is 6.42 Å². The predicted octanol–water partition coefficient (Wildman–Crippen LogP) is -0.763. The molecule has 0 aliphatic carbocycles. The Bertz CT molecular complexity index is 815. The zero-order valence-corrected chi connectivity index (χ0v) is 14.2. The van der Waals surface area contributed by atoms with Crippen LogP contribution in [0, 0.1) is 6.85 Å². The van der Waals surface area contributed by atoms with Crippen molar-refractivity contribution < 1.29 is 31.1 Å². The Balaban J connectivity index is 0.00000338. The van der Waals surface area contributed by atoms with Gasteiger partial charge in [0.15, 0.2) is 18.4 Å². The fourth-order valence-electron chi connectivity index (χ4n) is 1.52. The van der Waals surface area contributed by atoms with E-state index in [9.17, 15) is 0 Å². The van der Waals surface area contributed by atoms with Gasteiger partial charge in [0.1, 0.15) is 13.0 Å². The number of hydrogen-bond donors (Lipinski definition) is 1. The Hall–Kier alpha value is -1.01. The van der Waals surface area contributed by atoms with Gasteiger partial charge in [-0.15, -0.1) is 17.0 Å². The zero-order valence-electron chi connectivity index (χ0n) is 17.9. The van der Waals surface area contributed by atoms with Gasteiger partial charge in [-0.25, -0.2) is 9.97 Å². The van der Waals surface area contributed by atoms with Crippen LogP contribution in [0.4, 0.5) is 5.82 Å². The monoisotopic (exact) mass is 409 g/mol. The molecule has 0 bridgehead atoms. The molecule has 110 valence electrons. The lowest BCUT2D eigenvalue weighted by Crippen LogP contribution is -3.00. The standard InChI is InChI=1S/C14H19N4.2BrH/c1-3-6-13-16-9-12(14(15)17-13)10-18-8-5-4-7-11(18)2;;/h4-5,7-9H,3,6,10H2,1-2H3,(H2,15,16,17);2*1H/q+1;;/p-1/i2D3,4D,5D,7D,8D;;. The highest BCUT2D eigenvalue weighted by atomic mass is 79.9. The summed E-state index contributed by atoms with van der Waals surface area (Å²) < 4.78 is 55.3. The lowest BCUT2D eigenvalue weighted by atomic mass is 10.2. The Morgan fingerprint density at radius 1 is 1.45 bits per heavy atom. The van der Waals surface area contributed by atoms with E-state index >= 15 is 0 Å². The van der Waals surface area contributed by atoms with Crippen LogP contribution in [-0.2, 0) is 13.0 Å². The van der Waals surface area contributed by atoms with Crippen molar-refractivity contribution in [3.05, 3.63) is 47.6 Å². The van der Waals surface area contributed by atoms with E-state index in [2.05, 4.69) is 9.97 Å². The molecular weight excluding hydrogens is 384 g/mol. The molecule has 0 saturated heterocycles. The van der Waals surface area contributed by atoms with Crippen LogP contribution in [-0.4, -0.2) is 9.97 Å². The summed E-state index contributed by atoms with van der Waals surface area (Å²) in [5.74, 6) is 0.731. The van der Waals surface area contributed by atoms with E-state index in [1.54, 1.807) is 0 Å². The van der Waals surface area contributed by atoms with Crippen molar-refractivity contribution in [2.24, 2.45) is 0 Å². The number of nitrogen functional groups attached to an aromatic ring is 1. The van der Waals surface area contributed by atoms with E-state index in [0.717, 1.165) is 11.0 Å². The zero-order chi connectivity index (χ0) is 18.9. The molecule has 0 spiro atoms. The molecule has 0 aliphatic rings. The quantitative estimate of drug-likeness (QED) is 0.674. The minimum atomic E-state index is -2.71. The lowest BCUT2D eigenvalue weighted by molar-refractivity contribution is -0.694. The van der Waals surface area contributed by atoms with Crippen LogP contribution in [0.25, 0.3) is 0 Å². The van der Waals surface area contributed by atoms with Crippen LogP contribution in [0.3, 0.4) is 0 Å². The average Bonchev–Trinajstić information content (AvgIpc) is 2.52. The van der Waals surface area contributed by atoms with E-state index in [4.69, 9.17) is 15.3 Å². The van der Waals surface area contributed by atoms with E-state index in [-0.39, 0.29) is 46.3 Å². The van der Waals surface area contributed by atoms with E-state index in [0.29, 0.717) is 17.8 Å². The fraction of sp³-hybridized carbons (Fsp3) is 0.357. The molecule has 0 unspecified atom stereocenters. The van der Waals surface area contributed by atoms with Crippen LogP contribution >= 0.6 is 17.0 Å². The first-order valence-corrected chi connectivity index (χ1v) is 5.68. The first kappa shape index (κ1) is 9.84. The number of hydrogen-bond acceptors (Lipinski definition) is 3. The van der Waals surface area contributed by atoms with Crippen molar-refractivity contribution in [2.45, 2.75) is 33.2 Å². The van der Waals surface area contributed by atoms with Gasteiger partial charge in [-0.2, -0.15) is 4.57 Å². The number of halogens is 2. The Kier molecular flexibility index (Phi) is 4.44. The molecule has 0 saturated carbocycles. The first-order valence-electron chi connectivity index (χ1n) is 9.18. The minimum absolute atomic E-state index is 0. The number of pyridine rings is 1. The maximum absolute atomic E-state index is 8.02. The van der Waals surface area contributed by atoms with Crippen LogP contribution in [0.2, 0.25) is 0 Å². The van der Waals surface area contributed by atoms with Gasteiger partial charge < -0.3 is 22.7 Å². The topological polar surface area (TPSA) is 55.7 Å².